The van der Waals surface area contributed by atoms with E-state index in [1.807, 2.05) is 32.0 Å². The number of halogens is 1. The Bertz CT molecular complexity index is 1590. The molecular formula is C29H29ClN4O4. The van der Waals surface area contributed by atoms with E-state index in [4.69, 9.17) is 11.6 Å². The number of nitrogens with one attached hydrogen (secondary N) is 2. The number of rotatable bonds is 9. The zero-order chi connectivity index (χ0) is 27.2. The molecule has 0 saturated carbocycles. The molecule has 4 aromatic rings. The predicted octanol–water partition coefficient (Wildman–Crippen LogP) is 3.71. The molecule has 0 unspecified atom stereocenters. The minimum absolute atomic E-state index is 0.00297. The second-order valence-electron chi connectivity index (χ2n) is 9.12. The lowest BCUT2D eigenvalue weighted by atomic mass is 10.1. The molecule has 1 aromatic heterocycles. The van der Waals surface area contributed by atoms with Gasteiger partial charge in [0.15, 0.2) is 0 Å². The molecule has 0 bridgehead atoms. The molecule has 0 radical (unpaired) electrons. The second-order valence-corrected chi connectivity index (χ2v) is 9.53. The van der Waals surface area contributed by atoms with Crippen LogP contribution in [0.5, 0.6) is 0 Å². The van der Waals surface area contributed by atoms with E-state index in [0.717, 1.165) is 16.6 Å². The van der Waals surface area contributed by atoms with E-state index < -0.39 is 11.2 Å². The van der Waals surface area contributed by atoms with Gasteiger partial charge in [0.2, 0.25) is 5.91 Å². The quantitative estimate of drug-likeness (QED) is 0.343. The third-order valence-corrected chi connectivity index (χ3v) is 6.78. The van der Waals surface area contributed by atoms with Gasteiger partial charge in [-0.3, -0.25) is 23.5 Å². The fraction of sp³-hybridized carbons (Fsp3) is 0.241. The largest absolute Gasteiger partial charge is 0.352 e. The Balaban J connectivity index is 1.57. The van der Waals surface area contributed by atoms with Crippen molar-refractivity contribution in [2.45, 2.75) is 45.9 Å². The molecule has 4 rings (SSSR count). The number of benzene rings is 3. The van der Waals surface area contributed by atoms with Crippen LogP contribution in [-0.2, 0) is 24.4 Å². The van der Waals surface area contributed by atoms with E-state index in [1.165, 1.54) is 4.57 Å². The summed E-state index contributed by atoms with van der Waals surface area (Å²) in [6.45, 7) is 3.93. The van der Waals surface area contributed by atoms with Crippen LogP contribution in [0.4, 0.5) is 0 Å². The molecule has 0 spiro atoms. The summed E-state index contributed by atoms with van der Waals surface area (Å²) in [5.74, 6) is -0.571. The predicted molar refractivity (Wildman–Crippen MR) is 149 cm³/mol. The number of fused-ring (bicyclic) bond motifs is 1. The summed E-state index contributed by atoms with van der Waals surface area (Å²) in [5.41, 5.74) is 1.30. The third kappa shape index (κ3) is 6.03. The summed E-state index contributed by atoms with van der Waals surface area (Å²) in [7, 11) is 0. The van der Waals surface area contributed by atoms with E-state index in [-0.39, 0.29) is 37.5 Å². The molecule has 0 aliphatic rings. The summed E-state index contributed by atoms with van der Waals surface area (Å²) < 4.78 is 2.44. The maximum Gasteiger partial charge on any atom is 0.332 e. The summed E-state index contributed by atoms with van der Waals surface area (Å²) in [6, 6.07) is 20.7. The van der Waals surface area contributed by atoms with Crippen molar-refractivity contribution in [2.24, 2.45) is 0 Å². The molecule has 0 fully saturated rings. The number of hydrogen-bond acceptors (Lipinski definition) is 4. The molecule has 1 atom stereocenters. The molecule has 0 aliphatic heterocycles. The number of para-hydroxylation sites is 1. The molecule has 0 aliphatic carbocycles. The molecule has 1 heterocycles. The van der Waals surface area contributed by atoms with E-state index >= 15 is 0 Å². The zero-order valence-corrected chi connectivity index (χ0v) is 22.0. The van der Waals surface area contributed by atoms with Crippen molar-refractivity contribution in [3.63, 3.8) is 0 Å². The Kier molecular flexibility index (Phi) is 8.43. The average molecular weight is 533 g/mol. The van der Waals surface area contributed by atoms with Crippen molar-refractivity contribution in [1.82, 2.24) is 19.8 Å². The molecule has 0 saturated heterocycles. The number of carbonyl (C=O) groups is 2. The SMILES string of the molecule is CC[C@@H](C)NC(=O)Cn1c(=O)n(Cc2ccc(C(=O)NCc3ccccc3Cl)cc2)c(=O)c2ccccc21. The highest BCUT2D eigenvalue weighted by atomic mass is 35.5. The van der Waals surface area contributed by atoms with Crippen LogP contribution < -0.4 is 21.9 Å². The van der Waals surface area contributed by atoms with Gasteiger partial charge in [-0.15, -0.1) is 0 Å². The van der Waals surface area contributed by atoms with Crippen LogP contribution >= 0.6 is 11.6 Å². The fourth-order valence-corrected chi connectivity index (χ4v) is 4.30. The van der Waals surface area contributed by atoms with Crippen molar-refractivity contribution in [2.75, 3.05) is 0 Å². The van der Waals surface area contributed by atoms with Crippen molar-refractivity contribution in [3.05, 3.63) is 115 Å². The number of aromatic nitrogens is 2. The Hall–Kier alpha value is -4.17. The smallest absolute Gasteiger partial charge is 0.332 e. The van der Waals surface area contributed by atoms with Crippen LogP contribution in [0.15, 0.2) is 82.4 Å². The summed E-state index contributed by atoms with van der Waals surface area (Å²) in [6.07, 6.45) is 0.759. The molecular weight excluding hydrogens is 504 g/mol. The molecule has 2 N–H and O–H groups in total. The number of amides is 2. The standard InChI is InChI=1S/C29H29ClN4O4/c1-3-19(2)32-26(35)18-33-25-11-7-5-9-23(25)28(37)34(29(33)38)17-20-12-14-21(15-13-20)27(36)31-16-22-8-4-6-10-24(22)30/h4-15,19H,3,16-18H2,1-2H3,(H,31,36)(H,32,35)/t19-/m1/s1. The lowest BCUT2D eigenvalue weighted by Crippen LogP contribution is -2.43. The van der Waals surface area contributed by atoms with Crippen molar-refractivity contribution < 1.29 is 9.59 Å². The van der Waals surface area contributed by atoms with E-state index in [9.17, 15) is 19.2 Å². The highest BCUT2D eigenvalue weighted by Crippen LogP contribution is 2.15. The van der Waals surface area contributed by atoms with Crippen molar-refractivity contribution in [1.29, 1.82) is 0 Å². The van der Waals surface area contributed by atoms with Gasteiger partial charge in [0.05, 0.1) is 17.4 Å². The van der Waals surface area contributed by atoms with Crippen LogP contribution in [0.1, 0.15) is 41.8 Å². The number of carbonyl (C=O) groups excluding carboxylic acids is 2. The monoisotopic (exact) mass is 532 g/mol. The third-order valence-electron chi connectivity index (χ3n) is 6.41. The first kappa shape index (κ1) is 26.9. The fourth-order valence-electron chi connectivity index (χ4n) is 4.09. The van der Waals surface area contributed by atoms with Gasteiger partial charge >= 0.3 is 5.69 Å². The maximum absolute atomic E-state index is 13.4. The molecule has 196 valence electrons. The van der Waals surface area contributed by atoms with Gasteiger partial charge in [0, 0.05) is 23.2 Å². The van der Waals surface area contributed by atoms with Crippen LogP contribution in [0.3, 0.4) is 0 Å². The first-order valence-electron chi connectivity index (χ1n) is 12.4. The summed E-state index contributed by atoms with van der Waals surface area (Å²) in [5, 5.41) is 6.62. The molecule has 9 heteroatoms. The first-order valence-corrected chi connectivity index (χ1v) is 12.8. The van der Waals surface area contributed by atoms with Crippen LogP contribution in [0.2, 0.25) is 5.02 Å². The Labute approximate surface area is 224 Å². The van der Waals surface area contributed by atoms with Gasteiger partial charge in [-0.25, -0.2) is 4.79 Å². The van der Waals surface area contributed by atoms with E-state index in [0.29, 0.717) is 27.1 Å². The molecule has 8 nitrogen and oxygen atoms in total. The van der Waals surface area contributed by atoms with Gasteiger partial charge < -0.3 is 10.6 Å². The number of nitrogens with zero attached hydrogens (tertiary/aromatic N) is 2. The first-order chi connectivity index (χ1) is 18.3. The lowest BCUT2D eigenvalue weighted by molar-refractivity contribution is -0.122. The van der Waals surface area contributed by atoms with Crippen LogP contribution in [0.25, 0.3) is 10.9 Å². The maximum atomic E-state index is 13.4. The van der Waals surface area contributed by atoms with Gasteiger partial charge in [-0.1, -0.05) is 61.0 Å². The van der Waals surface area contributed by atoms with Crippen LogP contribution in [-0.4, -0.2) is 27.0 Å². The Morgan fingerprint density at radius 2 is 1.61 bits per heavy atom. The van der Waals surface area contributed by atoms with Gasteiger partial charge in [-0.2, -0.15) is 0 Å². The average Bonchev–Trinajstić information content (AvgIpc) is 2.93. The highest BCUT2D eigenvalue weighted by molar-refractivity contribution is 6.31. The summed E-state index contributed by atoms with van der Waals surface area (Å²) >= 11 is 6.15. The topological polar surface area (TPSA) is 102 Å². The van der Waals surface area contributed by atoms with E-state index in [2.05, 4.69) is 10.6 Å². The Morgan fingerprint density at radius 3 is 2.32 bits per heavy atom. The zero-order valence-electron chi connectivity index (χ0n) is 21.2. The van der Waals surface area contributed by atoms with Crippen LogP contribution in [0, 0.1) is 0 Å². The summed E-state index contributed by atoms with van der Waals surface area (Å²) in [4.78, 5) is 51.8. The Morgan fingerprint density at radius 1 is 0.921 bits per heavy atom. The lowest BCUT2D eigenvalue weighted by Gasteiger charge is -2.16. The van der Waals surface area contributed by atoms with Gasteiger partial charge in [-0.05, 0) is 54.8 Å². The highest BCUT2D eigenvalue weighted by Gasteiger charge is 2.16. The van der Waals surface area contributed by atoms with Gasteiger partial charge in [0.25, 0.3) is 11.5 Å². The molecule has 2 amide bonds. The van der Waals surface area contributed by atoms with Crippen molar-refractivity contribution >= 4 is 34.3 Å². The normalized spacial score (nSPS) is 11.8. The molecule has 3 aromatic carbocycles. The minimum atomic E-state index is -0.574. The van der Waals surface area contributed by atoms with Crippen molar-refractivity contribution in [3.8, 4) is 0 Å². The molecule has 38 heavy (non-hydrogen) atoms. The second kappa shape index (κ2) is 11.9. The van der Waals surface area contributed by atoms with E-state index in [1.54, 1.807) is 54.6 Å². The minimum Gasteiger partial charge on any atom is -0.352 e. The number of hydrogen-bond donors (Lipinski definition) is 2. The van der Waals surface area contributed by atoms with Gasteiger partial charge in [0.1, 0.15) is 6.54 Å².